The van der Waals surface area contributed by atoms with Crippen molar-refractivity contribution < 1.29 is 117 Å². The molecule has 5 aliphatic heterocycles. The molecule has 0 spiro atoms. The van der Waals surface area contributed by atoms with Gasteiger partial charge in [0.2, 0.25) is 6.41 Å². The van der Waals surface area contributed by atoms with Crippen LogP contribution in [0.4, 0.5) is 0 Å². The highest BCUT2D eigenvalue weighted by atomic mass is 35.5. The first-order valence-electron chi connectivity index (χ1n) is 43.9. The van der Waals surface area contributed by atoms with E-state index in [1.54, 1.807) is 87.0 Å². The van der Waals surface area contributed by atoms with E-state index in [2.05, 4.69) is 59.7 Å². The van der Waals surface area contributed by atoms with Crippen molar-refractivity contribution in [2.75, 3.05) is 54.7 Å². The van der Waals surface area contributed by atoms with Crippen LogP contribution >= 0.6 is 46.4 Å². The van der Waals surface area contributed by atoms with Crippen LogP contribution in [0.5, 0.6) is 17.2 Å². The summed E-state index contributed by atoms with van der Waals surface area (Å²) in [6.07, 6.45) is -8.25. The standard InChI is InChI=1S/C26H31ClO5.C26H33ClO4.C22H23ClO7.C22H21ClO7.C5H13NO2/c1-6-24-14(2)15(3)25(31-17(5)29)26(32-24)19-8-9-22(27)20(13-19)11-18-7-10-23(30)21(12-18)16(4)28;1-6-24-16(3)17(4)25(30-18(5)28)26(31-24)20-10-13-23(27)21(15-20)14-19-8-11-22(12-9-19)29-7-2;2*23-15-3-2-12(22-21(28)20(27)19(26)18(10-24)30-22)9-13(15)7-11-1-4-17-14(8-11)16(25)5-6-29-17;1-6(2)5(7-3)8-4/h7-10,12-15,24-26,30H,6,11H2,1-5H3;8-13,15-17,24-26H,6-7,14H2,1-5H3;1-4,8-9,18-22,24,26-28H,5-7,10H2;1-6,8-9,18-22,24,26-28H,7,10H2;5H,1-4H3/t14-,15-,24+,25+,26-;16-,17-,24+,25+,26-;2*18-,19-,20+,21-,22+;/m0011./s1. The number of phenolic OH excluding ortho intramolecular Hbond substituents is 1. The number of halogens is 4. The second-order valence-corrected chi connectivity index (χ2v) is 35.5. The second kappa shape index (κ2) is 48.4. The Hall–Kier alpha value is -8.79. The zero-order valence-electron chi connectivity index (χ0n) is 76.0. The number of aliphatic hydroxyl groups excluding tert-OH is 8. The first-order valence-corrected chi connectivity index (χ1v) is 45.4. The van der Waals surface area contributed by atoms with Crippen LogP contribution in [-0.4, -0.2) is 209 Å². The zero-order chi connectivity index (χ0) is 95.5. The smallest absolute Gasteiger partial charge is 0.303 e. The number of aromatic hydroxyl groups is 1. The third-order valence-electron chi connectivity index (χ3n) is 24.6. The van der Waals surface area contributed by atoms with E-state index >= 15 is 0 Å². The van der Waals surface area contributed by atoms with Crippen LogP contribution in [0.1, 0.15) is 200 Å². The van der Waals surface area contributed by atoms with Crippen LogP contribution in [0.15, 0.2) is 173 Å². The lowest BCUT2D eigenvalue weighted by Gasteiger charge is -2.44. The summed E-state index contributed by atoms with van der Waals surface area (Å²) in [5, 5.41) is 92.4. The predicted molar refractivity (Wildman–Crippen MR) is 497 cm³/mol. The minimum Gasteiger partial charge on any atom is -0.507 e. The quantitative estimate of drug-likeness (QED) is 0.0154. The Morgan fingerprint density at radius 2 is 0.878 bits per heavy atom. The number of nitrogens with zero attached hydrogens (tertiary/aromatic N) is 1. The Morgan fingerprint density at radius 3 is 1.28 bits per heavy atom. The summed E-state index contributed by atoms with van der Waals surface area (Å²) in [5.41, 5.74) is 11.3. The number of fused-ring (bicyclic) bond motifs is 2. The average Bonchev–Trinajstić information content (AvgIpc) is 0.784. The molecule has 708 valence electrons. The summed E-state index contributed by atoms with van der Waals surface area (Å²) in [5.74, 6) is 1.54. The van der Waals surface area contributed by atoms with Crippen molar-refractivity contribution in [3.05, 3.63) is 272 Å². The van der Waals surface area contributed by atoms with E-state index in [9.17, 15) is 69.9 Å². The first-order chi connectivity index (χ1) is 62.4. The molecule has 0 saturated carbocycles. The fourth-order valence-corrected chi connectivity index (χ4v) is 17.8. The van der Waals surface area contributed by atoms with Gasteiger partial charge in [-0.05, 0) is 218 Å². The fraction of sp³-hybridized carbons (Fsp3) is 0.455. The van der Waals surface area contributed by atoms with Crippen LogP contribution in [0.3, 0.4) is 0 Å². The van der Waals surface area contributed by atoms with E-state index in [-0.39, 0.29) is 88.8 Å². The molecule has 6 heterocycles. The van der Waals surface area contributed by atoms with Crippen LogP contribution in [-0.2, 0) is 73.2 Å². The molecular weight excluding hydrogens is 1770 g/mol. The highest BCUT2D eigenvalue weighted by molar-refractivity contribution is 6.32. The van der Waals surface area contributed by atoms with Gasteiger partial charge < -0.3 is 97.7 Å². The van der Waals surface area contributed by atoms with Gasteiger partial charge in [-0.15, -0.1) is 0 Å². The molecule has 5 aliphatic rings. The summed E-state index contributed by atoms with van der Waals surface area (Å²) < 4.78 is 61.7. The Morgan fingerprint density at radius 1 is 0.473 bits per heavy atom. The first kappa shape index (κ1) is 104. The highest BCUT2D eigenvalue weighted by Crippen LogP contribution is 2.46. The maximum atomic E-state index is 12.2. The average molecular weight is 1890 g/mol. The van der Waals surface area contributed by atoms with Gasteiger partial charge in [0.05, 0.1) is 61.4 Å². The molecule has 131 heavy (non-hydrogen) atoms. The van der Waals surface area contributed by atoms with Crippen molar-refractivity contribution in [2.24, 2.45) is 23.7 Å². The molecule has 0 aliphatic carbocycles. The van der Waals surface area contributed by atoms with Gasteiger partial charge in [-0.1, -0.05) is 167 Å². The van der Waals surface area contributed by atoms with Crippen molar-refractivity contribution in [2.45, 2.75) is 218 Å². The normalized spacial score (nSPS) is 25.7. The zero-order valence-corrected chi connectivity index (χ0v) is 79.0. The van der Waals surface area contributed by atoms with Gasteiger partial charge in [0.25, 0.3) is 0 Å². The third-order valence-corrected chi connectivity index (χ3v) is 26.1. The minimum absolute atomic E-state index is 0.0327. The molecule has 4 fully saturated rings. The van der Waals surface area contributed by atoms with Gasteiger partial charge in [-0.25, -0.2) is 0 Å². The number of ketones is 2. The number of methoxy groups -OCH3 is 2. The molecule has 0 amide bonds. The van der Waals surface area contributed by atoms with Gasteiger partial charge in [0.1, 0.15) is 108 Å². The third kappa shape index (κ3) is 26.4. The number of benzene rings is 8. The maximum Gasteiger partial charge on any atom is 0.303 e. The lowest BCUT2D eigenvalue weighted by molar-refractivity contribution is -0.231. The number of aliphatic hydroxyl groups is 8. The Balaban J connectivity index is 0.000000176. The lowest BCUT2D eigenvalue weighted by atomic mass is 9.78. The molecule has 0 bridgehead atoms. The Bertz CT molecular complexity index is 5380. The Kier molecular flexibility index (Phi) is 38.5. The number of esters is 2. The Labute approximate surface area is 784 Å². The van der Waals surface area contributed by atoms with E-state index in [1.165, 1.54) is 39.2 Å². The number of carbonyl (C=O) groups excluding carboxylic acids is 4. The van der Waals surface area contributed by atoms with E-state index in [1.807, 2.05) is 80.5 Å². The second-order valence-electron chi connectivity index (χ2n) is 33.9. The summed E-state index contributed by atoms with van der Waals surface area (Å²) in [7, 11) is 6.98. The topological polar surface area (TPSA) is 376 Å². The highest BCUT2D eigenvalue weighted by Gasteiger charge is 2.48. The molecule has 14 rings (SSSR count). The lowest BCUT2D eigenvalue weighted by Crippen LogP contribution is -2.55. The molecule has 0 unspecified atom stereocenters. The maximum absolute atomic E-state index is 12.2. The number of rotatable bonds is 24. The largest absolute Gasteiger partial charge is 0.507 e. The van der Waals surface area contributed by atoms with Crippen LogP contribution < -0.4 is 14.9 Å². The van der Waals surface area contributed by atoms with Crippen molar-refractivity contribution in [3.63, 3.8) is 0 Å². The summed E-state index contributed by atoms with van der Waals surface area (Å²) >= 11 is 25.8. The SMILES string of the molecule is CCOc1ccc(Cc2cc([C@@H]3O[C@H](CC)[C@@H](C)[C@H](C)[C@H]3OC(C)=O)ccc2Cl)cc1.CC[C@H]1O[C@@H](c2ccc(Cl)c(Cc3ccc(O)c(C(C)=O)c3)c2)[C@H](OC(C)=O)[C@@H](C)[C@@H]1C.COC(OC)N(C)C.O=C1CCOc2ccc(Cc3cc([C@@H]4O[C@H](CO)[C@@H](O)[C@H](O)[C@H]4O)ccc3Cl)cc21.O=c1ccoc2ccc(Cc3cc([C@@H]4O[C@H](CO)[C@@H](O)[C@H](O)[C@H]4O)ccc3Cl)cc12. The van der Waals surface area contributed by atoms with E-state index in [0.29, 0.717) is 105 Å². The molecule has 0 radical (unpaired) electrons. The van der Waals surface area contributed by atoms with E-state index in [0.717, 1.165) is 74.2 Å². The summed E-state index contributed by atoms with van der Waals surface area (Å²) in [6.45, 7) is 19.1. The molecular formula is C101H121Cl4NO25. The number of phenols is 1. The van der Waals surface area contributed by atoms with Crippen LogP contribution in [0.25, 0.3) is 11.0 Å². The molecule has 9 aromatic rings. The van der Waals surface area contributed by atoms with E-state index < -0.39 is 86.5 Å². The van der Waals surface area contributed by atoms with Crippen LogP contribution in [0, 0.1) is 23.7 Å². The number of ether oxygens (including phenoxy) is 10. The molecule has 4 saturated heterocycles. The summed E-state index contributed by atoms with van der Waals surface area (Å²) in [4.78, 5) is 61.5. The van der Waals surface area contributed by atoms with Crippen molar-refractivity contribution in [3.8, 4) is 17.2 Å². The molecule has 26 nitrogen and oxygen atoms in total. The molecule has 30 heteroatoms. The van der Waals surface area contributed by atoms with Crippen molar-refractivity contribution >= 4 is 80.9 Å². The van der Waals surface area contributed by atoms with Gasteiger partial charge in [0.15, 0.2) is 17.0 Å². The van der Waals surface area contributed by atoms with Crippen molar-refractivity contribution in [1.82, 2.24) is 4.90 Å². The molecule has 8 aromatic carbocycles. The molecule has 1 aromatic heterocycles. The fourth-order valence-electron chi connectivity index (χ4n) is 17.1. The van der Waals surface area contributed by atoms with Crippen LogP contribution in [0.2, 0.25) is 20.1 Å². The van der Waals surface area contributed by atoms with Crippen molar-refractivity contribution in [1.29, 1.82) is 0 Å². The number of Topliss-reactive ketones (excluding diaryl/α,β-unsaturated/α-hetero) is 2. The monoisotopic (exact) mass is 1890 g/mol. The minimum atomic E-state index is -1.46. The molecule has 9 N–H and O–H groups in total. The van der Waals surface area contributed by atoms with E-state index in [4.69, 9.17) is 98.2 Å². The number of carbonyl (C=O) groups is 4. The van der Waals surface area contributed by atoms with Gasteiger partial charge in [-0.3, -0.25) is 28.9 Å². The molecule has 20 atom stereocenters. The number of hydrogen-bond donors (Lipinski definition) is 9. The summed E-state index contributed by atoms with van der Waals surface area (Å²) in [6, 6.07) is 47.1. The van der Waals surface area contributed by atoms with Gasteiger partial charge in [-0.2, -0.15) is 0 Å². The number of hydrogen-bond acceptors (Lipinski definition) is 26. The van der Waals surface area contributed by atoms with Gasteiger partial charge >= 0.3 is 11.9 Å². The predicted octanol–water partition coefficient (Wildman–Crippen LogP) is 15.4. The van der Waals surface area contributed by atoms with Gasteiger partial charge in [0, 0.05) is 72.5 Å².